The van der Waals surface area contributed by atoms with Crippen molar-refractivity contribution in [2.75, 3.05) is 24.9 Å². The second-order valence-electron chi connectivity index (χ2n) is 8.22. The number of ether oxygens (including phenoxy) is 1. The largest absolute Gasteiger partial charge is 0.380 e. The van der Waals surface area contributed by atoms with Gasteiger partial charge in [-0.25, -0.2) is 17.2 Å². The van der Waals surface area contributed by atoms with E-state index < -0.39 is 27.3 Å². The molecule has 1 amide bonds. The van der Waals surface area contributed by atoms with E-state index in [0.717, 1.165) is 6.07 Å². The van der Waals surface area contributed by atoms with Gasteiger partial charge in [-0.05, 0) is 48.7 Å². The van der Waals surface area contributed by atoms with Crippen molar-refractivity contribution in [3.8, 4) is 11.1 Å². The maximum Gasteiger partial charge on any atom is 0.262 e. The molecule has 0 aromatic heterocycles. The van der Waals surface area contributed by atoms with E-state index in [1.807, 2.05) is 0 Å². The van der Waals surface area contributed by atoms with Crippen LogP contribution in [0.1, 0.15) is 22.3 Å². The zero-order valence-corrected chi connectivity index (χ0v) is 19.5. The summed E-state index contributed by atoms with van der Waals surface area (Å²) in [4.78, 5) is 14.4. The molecule has 1 heterocycles. The molecule has 0 aliphatic carbocycles. The molecule has 0 radical (unpaired) electrons. The number of nitrogens with zero attached hydrogens (tertiary/aromatic N) is 1. The van der Waals surface area contributed by atoms with Gasteiger partial charge in [-0.3, -0.25) is 9.52 Å². The molecule has 1 saturated heterocycles. The average molecular weight is 487 g/mol. The zero-order valence-electron chi connectivity index (χ0n) is 18.7. The lowest BCUT2D eigenvalue weighted by atomic mass is 10.0. The molecule has 1 atom stereocenters. The van der Waals surface area contributed by atoms with E-state index in [9.17, 15) is 22.0 Å². The number of sulfonamides is 1. The van der Waals surface area contributed by atoms with E-state index in [2.05, 4.69) is 4.72 Å². The van der Waals surface area contributed by atoms with Gasteiger partial charge >= 0.3 is 0 Å². The molecule has 0 unspecified atom stereocenters. The quantitative estimate of drug-likeness (QED) is 0.553. The summed E-state index contributed by atoms with van der Waals surface area (Å²) in [6.07, 6.45) is 0.646. The van der Waals surface area contributed by atoms with Gasteiger partial charge in [-0.1, -0.05) is 30.3 Å². The molecule has 4 rings (SSSR count). The molecule has 0 saturated carbocycles. The number of carbonyl (C=O) groups excluding carboxylic acids is 1. The number of amides is 1. The Hall–Kier alpha value is -3.30. The summed E-state index contributed by atoms with van der Waals surface area (Å²) < 4.78 is 62.6. The minimum atomic E-state index is -4.27. The number of hydrogen-bond donors (Lipinski definition) is 1. The van der Waals surface area contributed by atoms with Crippen molar-refractivity contribution in [2.24, 2.45) is 0 Å². The van der Waals surface area contributed by atoms with Gasteiger partial charge in [0.05, 0.1) is 16.7 Å². The highest BCUT2D eigenvalue weighted by Gasteiger charge is 2.28. The van der Waals surface area contributed by atoms with Gasteiger partial charge in [-0.15, -0.1) is 0 Å². The molecular formula is C25H24F2N2O4S. The summed E-state index contributed by atoms with van der Waals surface area (Å²) >= 11 is 0. The normalized spacial score (nSPS) is 16.0. The van der Waals surface area contributed by atoms with Crippen molar-refractivity contribution in [3.05, 3.63) is 83.4 Å². The van der Waals surface area contributed by atoms with E-state index in [1.54, 1.807) is 55.3 Å². The van der Waals surface area contributed by atoms with Crippen molar-refractivity contribution in [2.45, 2.75) is 24.3 Å². The highest BCUT2D eigenvalue weighted by Crippen LogP contribution is 2.30. The van der Waals surface area contributed by atoms with Crippen molar-refractivity contribution in [1.82, 2.24) is 4.90 Å². The third kappa shape index (κ3) is 4.95. The van der Waals surface area contributed by atoms with E-state index in [4.69, 9.17) is 4.74 Å². The van der Waals surface area contributed by atoms with E-state index in [1.165, 1.54) is 12.1 Å². The zero-order chi connectivity index (χ0) is 24.5. The lowest BCUT2D eigenvalue weighted by Gasteiger charge is -2.18. The number of aryl methyl sites for hydroxylation is 1. The first kappa shape index (κ1) is 23.8. The molecule has 6 nitrogen and oxygen atoms in total. The Bertz CT molecular complexity index is 1330. The Morgan fingerprint density at radius 1 is 1.06 bits per heavy atom. The lowest BCUT2D eigenvalue weighted by molar-refractivity contribution is 0.0724. The monoisotopic (exact) mass is 486 g/mol. The van der Waals surface area contributed by atoms with Crippen LogP contribution < -0.4 is 4.72 Å². The number of benzene rings is 3. The summed E-state index contributed by atoms with van der Waals surface area (Å²) in [7, 11) is -2.69. The van der Waals surface area contributed by atoms with Crippen LogP contribution >= 0.6 is 0 Å². The predicted octanol–water partition coefficient (Wildman–Crippen LogP) is 4.60. The molecule has 1 aliphatic rings. The molecule has 178 valence electrons. The SMILES string of the molecule is CO[C@H]1CCN(C(=O)c2cc(C)cc(S(=O)(=O)Nc3cc(-c4ccccc4)c(F)cc3F)c2)C1. The fourth-order valence-corrected chi connectivity index (χ4v) is 5.17. The number of likely N-dealkylation sites (tertiary alicyclic amines) is 1. The minimum absolute atomic E-state index is 0.0566. The Labute approximate surface area is 197 Å². The molecule has 1 fully saturated rings. The number of anilines is 1. The van der Waals surface area contributed by atoms with Crippen molar-refractivity contribution >= 4 is 21.6 Å². The van der Waals surface area contributed by atoms with Gasteiger partial charge < -0.3 is 9.64 Å². The van der Waals surface area contributed by atoms with Gasteiger partial charge in [0.1, 0.15) is 11.6 Å². The first-order valence-corrected chi connectivity index (χ1v) is 12.2. The Morgan fingerprint density at radius 3 is 2.47 bits per heavy atom. The highest BCUT2D eigenvalue weighted by molar-refractivity contribution is 7.92. The fraction of sp³-hybridized carbons (Fsp3) is 0.240. The van der Waals surface area contributed by atoms with Crippen LogP contribution in [-0.2, 0) is 14.8 Å². The summed E-state index contributed by atoms with van der Waals surface area (Å²) in [6.45, 7) is 2.60. The van der Waals surface area contributed by atoms with Crippen LogP contribution in [0.5, 0.6) is 0 Å². The number of nitrogens with one attached hydrogen (secondary N) is 1. The molecule has 9 heteroatoms. The third-order valence-electron chi connectivity index (χ3n) is 5.76. The molecule has 3 aromatic carbocycles. The fourth-order valence-electron chi connectivity index (χ4n) is 3.98. The number of methoxy groups -OCH3 is 1. The summed E-state index contributed by atoms with van der Waals surface area (Å²) in [6, 6.07) is 14.4. The topological polar surface area (TPSA) is 75.7 Å². The standard InChI is InChI=1S/C25H24F2N2O4S/c1-16-10-18(25(30)29-9-8-19(15-29)33-2)12-20(11-16)34(31,32)28-24-13-21(22(26)14-23(24)27)17-6-4-3-5-7-17/h3-7,10-14,19,28H,8-9,15H2,1-2H3/t19-/m0/s1. The van der Waals surface area contributed by atoms with Crippen LogP contribution in [-0.4, -0.2) is 45.5 Å². The van der Waals surface area contributed by atoms with Gasteiger partial charge in [0, 0.05) is 37.4 Å². The van der Waals surface area contributed by atoms with E-state index in [0.29, 0.717) is 36.7 Å². The maximum atomic E-state index is 14.5. The van der Waals surface area contributed by atoms with Crippen LogP contribution in [0.2, 0.25) is 0 Å². The lowest BCUT2D eigenvalue weighted by Crippen LogP contribution is -2.30. The Morgan fingerprint density at radius 2 is 1.79 bits per heavy atom. The van der Waals surface area contributed by atoms with Crippen molar-refractivity contribution in [3.63, 3.8) is 0 Å². The summed E-state index contributed by atoms with van der Waals surface area (Å²) in [5, 5.41) is 0. The van der Waals surface area contributed by atoms with Crippen molar-refractivity contribution in [1.29, 1.82) is 0 Å². The molecule has 0 bridgehead atoms. The Balaban J connectivity index is 1.65. The molecule has 3 aromatic rings. The van der Waals surface area contributed by atoms with E-state index in [-0.39, 0.29) is 28.0 Å². The van der Waals surface area contributed by atoms with Crippen LogP contribution in [0.15, 0.2) is 65.6 Å². The van der Waals surface area contributed by atoms with Crippen LogP contribution in [0.25, 0.3) is 11.1 Å². The number of carbonyl (C=O) groups is 1. The first-order valence-electron chi connectivity index (χ1n) is 10.7. The first-order chi connectivity index (χ1) is 16.2. The summed E-state index contributed by atoms with van der Waals surface area (Å²) in [5.74, 6) is -2.17. The van der Waals surface area contributed by atoms with Crippen molar-refractivity contribution < 1.29 is 26.7 Å². The van der Waals surface area contributed by atoms with Crippen LogP contribution in [0.4, 0.5) is 14.5 Å². The van der Waals surface area contributed by atoms with Crippen LogP contribution in [0, 0.1) is 18.6 Å². The van der Waals surface area contributed by atoms with Crippen LogP contribution in [0.3, 0.4) is 0 Å². The maximum absolute atomic E-state index is 14.5. The third-order valence-corrected chi connectivity index (χ3v) is 7.10. The van der Waals surface area contributed by atoms with Gasteiger partial charge in [0.15, 0.2) is 0 Å². The molecular weight excluding hydrogens is 462 g/mol. The Kier molecular flexibility index (Phi) is 6.67. The predicted molar refractivity (Wildman–Crippen MR) is 125 cm³/mol. The highest BCUT2D eigenvalue weighted by atomic mass is 32.2. The molecule has 1 N–H and O–H groups in total. The summed E-state index contributed by atoms with van der Waals surface area (Å²) in [5.41, 5.74) is 0.905. The molecule has 0 spiro atoms. The second kappa shape index (κ2) is 9.52. The molecule has 34 heavy (non-hydrogen) atoms. The smallest absolute Gasteiger partial charge is 0.262 e. The van der Waals surface area contributed by atoms with Gasteiger partial charge in [-0.2, -0.15) is 0 Å². The van der Waals surface area contributed by atoms with E-state index >= 15 is 0 Å². The van der Waals surface area contributed by atoms with Gasteiger partial charge in [0.25, 0.3) is 15.9 Å². The van der Waals surface area contributed by atoms with Gasteiger partial charge in [0.2, 0.25) is 0 Å². The molecule has 1 aliphatic heterocycles. The number of hydrogen-bond acceptors (Lipinski definition) is 4. The number of halogens is 2. The average Bonchev–Trinajstić information content (AvgIpc) is 3.30. The second-order valence-corrected chi connectivity index (χ2v) is 9.90. The minimum Gasteiger partial charge on any atom is -0.380 e. The number of rotatable bonds is 6.